The number of halogens is 5. The Morgan fingerprint density at radius 2 is 1.88 bits per heavy atom. The van der Waals surface area contributed by atoms with Gasteiger partial charge in [0.05, 0.1) is 24.4 Å². The molecule has 5 nitrogen and oxygen atoms in total. The molecule has 176 valence electrons. The zero-order valence-corrected chi connectivity index (χ0v) is 17.7. The fraction of sp³-hybridized carbons (Fsp3) is 0.261. The number of nitrogens with zero attached hydrogens (tertiary/aromatic N) is 2. The fourth-order valence-electron chi connectivity index (χ4n) is 3.22. The smallest absolute Gasteiger partial charge is 0.383 e. The van der Waals surface area contributed by atoms with Crippen LogP contribution in [0.4, 0.5) is 32.4 Å². The SMILES string of the molecule is COCCN(Cc1cccn1Cc1cccc(C(F)(F)F)c1)C(=O)Nc1ccc(F)cc1F. The number of aromatic nitrogens is 1. The molecule has 3 aromatic rings. The number of benzene rings is 2. The second kappa shape index (κ2) is 10.5. The van der Waals surface area contributed by atoms with Gasteiger partial charge in [-0.15, -0.1) is 0 Å². The summed E-state index contributed by atoms with van der Waals surface area (Å²) in [5, 5.41) is 2.41. The van der Waals surface area contributed by atoms with Gasteiger partial charge in [-0.2, -0.15) is 13.2 Å². The molecular formula is C23H22F5N3O2. The quantitative estimate of drug-likeness (QED) is 0.444. The molecule has 0 saturated carbocycles. The van der Waals surface area contributed by atoms with E-state index in [1.807, 2.05) is 0 Å². The van der Waals surface area contributed by atoms with Gasteiger partial charge in [-0.3, -0.25) is 0 Å². The average Bonchev–Trinajstić information content (AvgIpc) is 3.19. The van der Waals surface area contributed by atoms with E-state index < -0.39 is 29.4 Å². The van der Waals surface area contributed by atoms with Crippen LogP contribution in [0, 0.1) is 11.6 Å². The van der Waals surface area contributed by atoms with Crippen LogP contribution in [0.1, 0.15) is 16.8 Å². The average molecular weight is 467 g/mol. The molecule has 2 aromatic carbocycles. The lowest BCUT2D eigenvalue weighted by Gasteiger charge is -2.24. The molecule has 1 aromatic heterocycles. The molecule has 0 aliphatic heterocycles. The van der Waals surface area contributed by atoms with E-state index in [0.29, 0.717) is 17.3 Å². The molecule has 0 aliphatic carbocycles. The zero-order valence-electron chi connectivity index (χ0n) is 17.7. The maximum absolute atomic E-state index is 13.9. The molecular weight excluding hydrogens is 445 g/mol. The first-order valence-electron chi connectivity index (χ1n) is 9.97. The van der Waals surface area contributed by atoms with E-state index in [-0.39, 0.29) is 31.9 Å². The summed E-state index contributed by atoms with van der Waals surface area (Å²) < 4.78 is 72.9. The molecule has 0 saturated heterocycles. The highest BCUT2D eigenvalue weighted by atomic mass is 19.4. The highest BCUT2D eigenvalue weighted by Crippen LogP contribution is 2.29. The van der Waals surface area contributed by atoms with Gasteiger partial charge in [-0.05, 0) is 42.0 Å². The molecule has 3 rings (SSSR count). The Labute approximate surface area is 187 Å². The van der Waals surface area contributed by atoms with Crippen molar-refractivity contribution in [3.05, 3.63) is 89.2 Å². The topological polar surface area (TPSA) is 46.5 Å². The summed E-state index contributed by atoms with van der Waals surface area (Å²) in [4.78, 5) is 14.1. The number of nitrogens with one attached hydrogen (secondary N) is 1. The number of anilines is 1. The number of carbonyl (C=O) groups excluding carboxylic acids is 1. The molecule has 0 aliphatic rings. The Bertz CT molecular complexity index is 1100. The van der Waals surface area contributed by atoms with Crippen LogP contribution in [0.2, 0.25) is 0 Å². The maximum atomic E-state index is 13.9. The summed E-state index contributed by atoms with van der Waals surface area (Å²) in [6.07, 6.45) is -2.75. The fourth-order valence-corrected chi connectivity index (χ4v) is 3.22. The van der Waals surface area contributed by atoms with Crippen molar-refractivity contribution in [2.45, 2.75) is 19.3 Å². The van der Waals surface area contributed by atoms with E-state index >= 15 is 0 Å². The first kappa shape index (κ1) is 24.2. The standard InChI is InChI=1S/C23H22F5N3O2/c1-33-11-10-31(22(32)29-21-8-7-18(24)13-20(21)25)15-19-6-3-9-30(19)14-16-4-2-5-17(12-16)23(26,27)28/h2-9,12-13H,10-11,14-15H2,1H3,(H,29,32). The molecule has 0 atom stereocenters. The number of ether oxygens (including phenoxy) is 1. The molecule has 0 radical (unpaired) electrons. The lowest BCUT2D eigenvalue weighted by atomic mass is 10.1. The van der Waals surface area contributed by atoms with Crippen LogP contribution in [0.3, 0.4) is 0 Å². The van der Waals surface area contributed by atoms with Crippen molar-refractivity contribution in [3.8, 4) is 0 Å². The summed E-state index contributed by atoms with van der Waals surface area (Å²) >= 11 is 0. The summed E-state index contributed by atoms with van der Waals surface area (Å²) in [7, 11) is 1.46. The summed E-state index contributed by atoms with van der Waals surface area (Å²) in [6, 6.07) is 10.6. The minimum atomic E-state index is -4.44. The van der Waals surface area contributed by atoms with Gasteiger partial charge in [-0.1, -0.05) is 12.1 Å². The van der Waals surface area contributed by atoms with Crippen LogP contribution in [0.15, 0.2) is 60.8 Å². The third-order valence-corrected chi connectivity index (χ3v) is 4.91. The van der Waals surface area contributed by atoms with Gasteiger partial charge >= 0.3 is 12.2 Å². The van der Waals surface area contributed by atoms with Crippen molar-refractivity contribution in [2.75, 3.05) is 25.6 Å². The van der Waals surface area contributed by atoms with Gasteiger partial charge in [0.2, 0.25) is 0 Å². The Hall–Kier alpha value is -3.40. The molecule has 0 bridgehead atoms. The summed E-state index contributed by atoms with van der Waals surface area (Å²) in [5.41, 5.74) is 0.182. The van der Waals surface area contributed by atoms with Crippen molar-refractivity contribution in [3.63, 3.8) is 0 Å². The Morgan fingerprint density at radius 1 is 1.09 bits per heavy atom. The van der Waals surface area contributed by atoms with Crippen molar-refractivity contribution in [2.24, 2.45) is 0 Å². The minimum Gasteiger partial charge on any atom is -0.383 e. The van der Waals surface area contributed by atoms with Crippen LogP contribution in [-0.2, 0) is 24.0 Å². The Balaban J connectivity index is 1.76. The van der Waals surface area contributed by atoms with E-state index in [0.717, 1.165) is 24.3 Å². The highest BCUT2D eigenvalue weighted by molar-refractivity contribution is 5.89. The van der Waals surface area contributed by atoms with Crippen molar-refractivity contribution in [1.29, 1.82) is 0 Å². The summed E-state index contributed by atoms with van der Waals surface area (Å²) in [5.74, 6) is -1.68. The molecule has 0 fully saturated rings. The zero-order chi connectivity index (χ0) is 24.0. The molecule has 0 unspecified atom stereocenters. The molecule has 10 heteroatoms. The van der Waals surface area contributed by atoms with Crippen LogP contribution in [0.25, 0.3) is 0 Å². The Kier molecular flexibility index (Phi) is 7.70. The third kappa shape index (κ3) is 6.55. The number of carbonyl (C=O) groups is 1. The molecule has 1 N–H and O–H groups in total. The van der Waals surface area contributed by atoms with E-state index in [2.05, 4.69) is 5.32 Å². The van der Waals surface area contributed by atoms with Gasteiger partial charge in [-0.25, -0.2) is 13.6 Å². The van der Waals surface area contributed by atoms with Gasteiger partial charge in [0.1, 0.15) is 11.6 Å². The second-order valence-electron chi connectivity index (χ2n) is 7.29. The van der Waals surface area contributed by atoms with Crippen LogP contribution in [-0.4, -0.2) is 35.8 Å². The first-order valence-corrected chi connectivity index (χ1v) is 9.97. The first-order chi connectivity index (χ1) is 15.7. The second-order valence-corrected chi connectivity index (χ2v) is 7.29. The normalized spacial score (nSPS) is 11.5. The lowest BCUT2D eigenvalue weighted by Crippen LogP contribution is -2.37. The molecule has 0 spiro atoms. The molecule has 33 heavy (non-hydrogen) atoms. The lowest BCUT2D eigenvalue weighted by molar-refractivity contribution is -0.137. The van der Waals surface area contributed by atoms with Crippen LogP contribution >= 0.6 is 0 Å². The van der Waals surface area contributed by atoms with Gasteiger partial charge in [0.25, 0.3) is 0 Å². The van der Waals surface area contributed by atoms with E-state index in [4.69, 9.17) is 4.74 Å². The number of rotatable bonds is 8. The number of alkyl halides is 3. The number of urea groups is 1. The minimum absolute atomic E-state index is 0.0873. The number of hydrogen-bond acceptors (Lipinski definition) is 2. The van der Waals surface area contributed by atoms with E-state index in [9.17, 15) is 26.7 Å². The van der Waals surface area contributed by atoms with Gasteiger partial charge in [0, 0.05) is 38.2 Å². The maximum Gasteiger partial charge on any atom is 0.416 e. The monoisotopic (exact) mass is 467 g/mol. The van der Waals surface area contributed by atoms with Gasteiger partial charge in [0.15, 0.2) is 0 Å². The van der Waals surface area contributed by atoms with Gasteiger partial charge < -0.3 is 19.5 Å². The number of hydrogen-bond donors (Lipinski definition) is 1. The third-order valence-electron chi connectivity index (χ3n) is 4.91. The number of methoxy groups -OCH3 is 1. The van der Waals surface area contributed by atoms with Crippen LogP contribution in [0.5, 0.6) is 0 Å². The Morgan fingerprint density at radius 3 is 2.58 bits per heavy atom. The van der Waals surface area contributed by atoms with Crippen LogP contribution < -0.4 is 5.32 Å². The van der Waals surface area contributed by atoms with Crippen molar-refractivity contribution >= 4 is 11.7 Å². The predicted octanol–water partition coefficient (Wildman–Crippen LogP) is 5.51. The number of amides is 2. The van der Waals surface area contributed by atoms with Crippen molar-refractivity contribution < 1.29 is 31.5 Å². The van der Waals surface area contributed by atoms with Crippen molar-refractivity contribution in [1.82, 2.24) is 9.47 Å². The highest BCUT2D eigenvalue weighted by Gasteiger charge is 2.30. The summed E-state index contributed by atoms with van der Waals surface area (Å²) in [6.45, 7) is 0.621. The predicted molar refractivity (Wildman–Crippen MR) is 113 cm³/mol. The van der Waals surface area contributed by atoms with E-state index in [1.165, 1.54) is 18.1 Å². The largest absolute Gasteiger partial charge is 0.416 e. The molecule has 2 amide bonds. The van der Waals surface area contributed by atoms with E-state index in [1.54, 1.807) is 29.0 Å². The molecule has 1 heterocycles.